The minimum atomic E-state index is -0.0241. The number of anilines is 2. The average Bonchev–Trinajstić information content (AvgIpc) is 2.49. The molecule has 0 spiro atoms. The number of hydrogen-bond acceptors (Lipinski definition) is 3. The molecule has 1 fully saturated rings. The molecule has 116 valence electrons. The summed E-state index contributed by atoms with van der Waals surface area (Å²) in [6.07, 6.45) is 7.78. The van der Waals surface area contributed by atoms with Crippen molar-refractivity contribution >= 4 is 28.9 Å². The summed E-state index contributed by atoms with van der Waals surface area (Å²) in [6, 6.07) is 5.09. The van der Waals surface area contributed by atoms with Crippen LogP contribution >= 0.6 is 11.6 Å². The van der Waals surface area contributed by atoms with Crippen LogP contribution in [0.1, 0.15) is 44.9 Å². The molecule has 1 aromatic rings. The molecule has 0 bridgehead atoms. The Bertz CT molecular complexity index is 473. The molecule has 0 unspecified atom stereocenters. The van der Waals surface area contributed by atoms with Crippen LogP contribution in [0.3, 0.4) is 0 Å². The summed E-state index contributed by atoms with van der Waals surface area (Å²) in [5, 5.41) is 3.31. The van der Waals surface area contributed by atoms with Crippen molar-refractivity contribution in [3.05, 3.63) is 23.2 Å². The van der Waals surface area contributed by atoms with E-state index in [1.165, 1.54) is 19.3 Å². The van der Waals surface area contributed by atoms with Gasteiger partial charge in [-0.1, -0.05) is 30.9 Å². The molecule has 0 heterocycles. The summed E-state index contributed by atoms with van der Waals surface area (Å²) >= 11 is 5.84. The number of amides is 1. The lowest BCUT2D eigenvalue weighted by molar-refractivity contribution is -0.116. The molecule has 1 amide bonds. The zero-order valence-electron chi connectivity index (χ0n) is 12.2. The lowest BCUT2D eigenvalue weighted by atomic mass is 9.98. The van der Waals surface area contributed by atoms with Crippen molar-refractivity contribution in [2.45, 2.75) is 51.0 Å². The van der Waals surface area contributed by atoms with E-state index < -0.39 is 0 Å². The minimum Gasteiger partial charge on any atom is -0.397 e. The van der Waals surface area contributed by atoms with E-state index >= 15 is 0 Å². The lowest BCUT2D eigenvalue weighted by Gasteiger charge is -2.21. The number of nitrogen functional groups attached to an aromatic ring is 1. The second-order valence-electron chi connectivity index (χ2n) is 5.52. The number of rotatable bonds is 6. The number of halogens is 1. The Kier molecular flexibility index (Phi) is 6.33. The number of carbonyl (C=O) groups is 1. The largest absolute Gasteiger partial charge is 0.397 e. The Hall–Kier alpha value is -1.26. The van der Waals surface area contributed by atoms with Crippen molar-refractivity contribution < 1.29 is 9.53 Å². The second kappa shape index (κ2) is 8.25. The molecule has 0 aliphatic heterocycles. The molecule has 0 saturated heterocycles. The van der Waals surface area contributed by atoms with Gasteiger partial charge in [0, 0.05) is 18.7 Å². The SMILES string of the molecule is Nc1cc(NC(=O)CCCOC2CCCCC2)ccc1Cl. The van der Waals surface area contributed by atoms with Gasteiger partial charge in [-0.2, -0.15) is 0 Å². The highest BCUT2D eigenvalue weighted by Gasteiger charge is 2.13. The molecule has 1 aromatic carbocycles. The number of carbonyl (C=O) groups excluding carboxylic acids is 1. The zero-order valence-corrected chi connectivity index (χ0v) is 13.0. The van der Waals surface area contributed by atoms with Crippen molar-refractivity contribution in [2.24, 2.45) is 0 Å². The number of ether oxygens (including phenoxy) is 1. The van der Waals surface area contributed by atoms with Gasteiger partial charge in [0.15, 0.2) is 0 Å². The third kappa shape index (κ3) is 5.56. The van der Waals surface area contributed by atoms with E-state index in [1.54, 1.807) is 18.2 Å². The molecule has 0 radical (unpaired) electrons. The number of hydrogen-bond donors (Lipinski definition) is 2. The minimum absolute atomic E-state index is 0.0241. The Labute approximate surface area is 131 Å². The van der Waals surface area contributed by atoms with Crippen LogP contribution in [0.4, 0.5) is 11.4 Å². The van der Waals surface area contributed by atoms with Gasteiger partial charge in [-0.15, -0.1) is 0 Å². The van der Waals surface area contributed by atoms with Crippen LogP contribution in [-0.2, 0) is 9.53 Å². The van der Waals surface area contributed by atoms with Crippen molar-refractivity contribution in [3.8, 4) is 0 Å². The molecule has 1 aliphatic rings. The molecule has 0 atom stereocenters. The van der Waals surface area contributed by atoms with Gasteiger partial charge in [0.2, 0.25) is 5.91 Å². The first-order valence-electron chi connectivity index (χ1n) is 7.61. The van der Waals surface area contributed by atoms with Gasteiger partial charge < -0.3 is 15.8 Å². The van der Waals surface area contributed by atoms with E-state index in [4.69, 9.17) is 22.1 Å². The van der Waals surface area contributed by atoms with Crippen LogP contribution in [0.25, 0.3) is 0 Å². The van der Waals surface area contributed by atoms with E-state index in [0.29, 0.717) is 35.5 Å². The third-order valence-electron chi connectivity index (χ3n) is 3.73. The summed E-state index contributed by atoms with van der Waals surface area (Å²) in [4.78, 5) is 11.8. The molecule has 3 N–H and O–H groups in total. The number of benzene rings is 1. The van der Waals surface area contributed by atoms with Gasteiger partial charge in [-0.05, 0) is 37.5 Å². The highest BCUT2D eigenvalue weighted by molar-refractivity contribution is 6.33. The third-order valence-corrected chi connectivity index (χ3v) is 4.08. The average molecular weight is 311 g/mol. The Morgan fingerprint density at radius 2 is 2.10 bits per heavy atom. The molecular weight excluding hydrogens is 288 g/mol. The second-order valence-corrected chi connectivity index (χ2v) is 5.93. The van der Waals surface area contributed by atoms with Crippen molar-refractivity contribution in [1.29, 1.82) is 0 Å². The number of nitrogens with two attached hydrogens (primary N) is 1. The maximum absolute atomic E-state index is 11.8. The first-order valence-corrected chi connectivity index (χ1v) is 7.99. The van der Waals surface area contributed by atoms with Crippen LogP contribution in [0, 0.1) is 0 Å². The zero-order chi connectivity index (χ0) is 15.1. The fraction of sp³-hybridized carbons (Fsp3) is 0.562. The first-order chi connectivity index (χ1) is 10.1. The summed E-state index contributed by atoms with van der Waals surface area (Å²) in [6.45, 7) is 0.654. The van der Waals surface area contributed by atoms with E-state index in [2.05, 4.69) is 5.32 Å². The van der Waals surface area contributed by atoms with Gasteiger partial charge >= 0.3 is 0 Å². The normalized spacial score (nSPS) is 15.9. The molecular formula is C16H23ClN2O2. The van der Waals surface area contributed by atoms with Crippen molar-refractivity contribution in [3.63, 3.8) is 0 Å². The maximum Gasteiger partial charge on any atom is 0.224 e. The van der Waals surface area contributed by atoms with E-state index in [0.717, 1.165) is 19.3 Å². The van der Waals surface area contributed by atoms with Gasteiger partial charge in [0.25, 0.3) is 0 Å². The summed E-state index contributed by atoms with van der Waals surface area (Å²) in [7, 11) is 0. The van der Waals surface area contributed by atoms with E-state index in [-0.39, 0.29) is 5.91 Å². The molecule has 4 nitrogen and oxygen atoms in total. The molecule has 1 aliphatic carbocycles. The van der Waals surface area contributed by atoms with Crippen LogP contribution in [-0.4, -0.2) is 18.6 Å². The standard InChI is InChI=1S/C16H23ClN2O2/c17-14-9-8-12(11-15(14)18)19-16(20)7-4-10-21-13-5-2-1-3-6-13/h8-9,11,13H,1-7,10,18H2,(H,19,20). The van der Waals surface area contributed by atoms with Crippen molar-refractivity contribution in [2.75, 3.05) is 17.7 Å². The molecule has 5 heteroatoms. The van der Waals surface area contributed by atoms with E-state index in [1.807, 2.05) is 0 Å². The number of nitrogens with one attached hydrogen (secondary N) is 1. The van der Waals surface area contributed by atoms with Gasteiger partial charge in [-0.25, -0.2) is 0 Å². The van der Waals surface area contributed by atoms with Crippen LogP contribution < -0.4 is 11.1 Å². The fourth-order valence-electron chi connectivity index (χ4n) is 2.56. The monoisotopic (exact) mass is 310 g/mol. The van der Waals surface area contributed by atoms with Crippen LogP contribution in [0.15, 0.2) is 18.2 Å². The molecule has 0 aromatic heterocycles. The van der Waals surface area contributed by atoms with Gasteiger partial charge in [0.05, 0.1) is 16.8 Å². The molecule has 1 saturated carbocycles. The summed E-state index contributed by atoms with van der Waals surface area (Å²) in [5.74, 6) is -0.0241. The highest BCUT2D eigenvalue weighted by Crippen LogP contribution is 2.23. The predicted molar refractivity (Wildman–Crippen MR) is 86.6 cm³/mol. The molecule has 21 heavy (non-hydrogen) atoms. The van der Waals surface area contributed by atoms with Gasteiger partial charge in [0.1, 0.15) is 0 Å². The smallest absolute Gasteiger partial charge is 0.224 e. The lowest BCUT2D eigenvalue weighted by Crippen LogP contribution is -2.18. The predicted octanol–water partition coefficient (Wildman–Crippen LogP) is 3.99. The highest BCUT2D eigenvalue weighted by atomic mass is 35.5. The topological polar surface area (TPSA) is 64.3 Å². The fourth-order valence-corrected chi connectivity index (χ4v) is 2.68. The van der Waals surface area contributed by atoms with Crippen LogP contribution in [0.5, 0.6) is 0 Å². The Balaban J connectivity index is 1.63. The maximum atomic E-state index is 11.8. The van der Waals surface area contributed by atoms with E-state index in [9.17, 15) is 4.79 Å². The van der Waals surface area contributed by atoms with Crippen LogP contribution in [0.2, 0.25) is 5.02 Å². The summed E-state index contributed by atoms with van der Waals surface area (Å²) in [5.41, 5.74) is 6.84. The quantitative estimate of drug-likeness (QED) is 0.617. The Morgan fingerprint density at radius 3 is 2.81 bits per heavy atom. The van der Waals surface area contributed by atoms with Gasteiger partial charge in [-0.3, -0.25) is 4.79 Å². The molecule has 2 rings (SSSR count). The first kappa shape index (κ1) is 16.1. The Morgan fingerprint density at radius 1 is 1.33 bits per heavy atom. The summed E-state index contributed by atoms with van der Waals surface area (Å²) < 4.78 is 5.80. The van der Waals surface area contributed by atoms with Crippen molar-refractivity contribution in [1.82, 2.24) is 0 Å².